The average Bonchev–Trinajstić information content (AvgIpc) is 3.36. The van der Waals surface area contributed by atoms with Gasteiger partial charge in [-0.25, -0.2) is 9.37 Å². The fourth-order valence-corrected chi connectivity index (χ4v) is 3.02. The number of furan rings is 1. The highest BCUT2D eigenvalue weighted by Crippen LogP contribution is 2.22. The fraction of sp³-hybridized carbons (Fsp3) is 0.136. The minimum absolute atomic E-state index is 0.249. The van der Waals surface area contributed by atoms with E-state index in [0.29, 0.717) is 6.54 Å². The lowest BCUT2D eigenvalue weighted by atomic mass is 10.1. The van der Waals surface area contributed by atoms with Gasteiger partial charge in [-0.3, -0.25) is 0 Å². The molecule has 0 spiro atoms. The van der Waals surface area contributed by atoms with Crippen LogP contribution < -0.4 is 5.32 Å². The molecule has 2 heterocycles. The molecule has 5 heteroatoms. The molecular formula is C22H20FN3O. The molecule has 136 valence electrons. The summed E-state index contributed by atoms with van der Waals surface area (Å²) >= 11 is 0. The molecule has 4 rings (SSSR count). The summed E-state index contributed by atoms with van der Waals surface area (Å²) < 4.78 is 21.0. The van der Waals surface area contributed by atoms with Gasteiger partial charge in [0.05, 0.1) is 12.9 Å². The lowest BCUT2D eigenvalue weighted by molar-refractivity contribution is 0.493. The Morgan fingerprint density at radius 1 is 0.926 bits per heavy atom. The molecule has 27 heavy (non-hydrogen) atoms. The van der Waals surface area contributed by atoms with E-state index in [4.69, 9.17) is 4.42 Å². The first-order valence-electron chi connectivity index (χ1n) is 8.86. The largest absolute Gasteiger partial charge is 0.460 e. The van der Waals surface area contributed by atoms with Crippen molar-refractivity contribution < 1.29 is 8.81 Å². The minimum atomic E-state index is -0.249. The number of hydrogen-bond acceptors (Lipinski definition) is 3. The molecule has 0 aliphatic carbocycles. The van der Waals surface area contributed by atoms with Gasteiger partial charge in [-0.15, -0.1) is 0 Å². The average molecular weight is 361 g/mol. The van der Waals surface area contributed by atoms with E-state index in [1.54, 1.807) is 18.3 Å². The Morgan fingerprint density at radius 3 is 2.52 bits per heavy atom. The Labute approximate surface area is 157 Å². The molecule has 0 fully saturated rings. The monoisotopic (exact) mass is 361 g/mol. The van der Waals surface area contributed by atoms with Gasteiger partial charge in [0.2, 0.25) is 0 Å². The van der Waals surface area contributed by atoms with Crippen molar-refractivity contribution in [1.82, 2.24) is 14.9 Å². The van der Waals surface area contributed by atoms with Gasteiger partial charge in [-0.1, -0.05) is 24.3 Å². The molecule has 0 saturated heterocycles. The van der Waals surface area contributed by atoms with E-state index in [1.807, 2.05) is 30.7 Å². The standard InChI is InChI=1S/C22H20FN3O/c23-20-7-5-17(6-8-20)22-10-9-21(27-22)14-25-13-18-3-1-2-4-19(18)15-26-12-11-24-16-26/h1-12,16,25H,13-15H2. The molecule has 0 radical (unpaired) electrons. The van der Waals surface area contributed by atoms with Crippen LogP contribution >= 0.6 is 0 Å². The zero-order valence-electron chi connectivity index (χ0n) is 14.8. The molecule has 1 N–H and O–H groups in total. The zero-order chi connectivity index (χ0) is 18.5. The lowest BCUT2D eigenvalue weighted by Gasteiger charge is -2.10. The Bertz CT molecular complexity index is 991. The zero-order valence-corrected chi connectivity index (χ0v) is 14.8. The van der Waals surface area contributed by atoms with Crippen LogP contribution in [0.15, 0.2) is 83.8 Å². The minimum Gasteiger partial charge on any atom is -0.460 e. The van der Waals surface area contributed by atoms with Crippen molar-refractivity contribution in [2.45, 2.75) is 19.6 Å². The number of nitrogens with one attached hydrogen (secondary N) is 1. The predicted octanol–water partition coefficient (Wildman–Crippen LogP) is 4.62. The number of rotatable bonds is 7. The van der Waals surface area contributed by atoms with Crippen molar-refractivity contribution in [3.63, 3.8) is 0 Å². The highest BCUT2D eigenvalue weighted by Gasteiger charge is 2.06. The summed E-state index contributed by atoms with van der Waals surface area (Å²) in [5, 5.41) is 3.43. The number of benzene rings is 2. The molecule has 0 atom stereocenters. The van der Waals surface area contributed by atoms with Gasteiger partial charge in [-0.05, 0) is 47.5 Å². The Kier molecular flexibility index (Phi) is 5.12. The van der Waals surface area contributed by atoms with Crippen LogP contribution in [-0.2, 0) is 19.6 Å². The van der Waals surface area contributed by atoms with Crippen molar-refractivity contribution in [2.24, 2.45) is 0 Å². The van der Waals surface area contributed by atoms with Gasteiger partial charge in [0, 0.05) is 31.0 Å². The van der Waals surface area contributed by atoms with E-state index in [-0.39, 0.29) is 5.82 Å². The molecule has 2 aromatic carbocycles. The van der Waals surface area contributed by atoms with E-state index in [9.17, 15) is 4.39 Å². The normalized spacial score (nSPS) is 11.0. The van der Waals surface area contributed by atoms with Gasteiger partial charge in [-0.2, -0.15) is 0 Å². The van der Waals surface area contributed by atoms with Gasteiger partial charge in [0.25, 0.3) is 0 Å². The maximum absolute atomic E-state index is 13.0. The lowest BCUT2D eigenvalue weighted by Crippen LogP contribution is -2.14. The predicted molar refractivity (Wildman–Crippen MR) is 102 cm³/mol. The number of hydrogen-bond donors (Lipinski definition) is 1. The second-order valence-corrected chi connectivity index (χ2v) is 6.38. The van der Waals surface area contributed by atoms with Crippen LogP contribution in [0.5, 0.6) is 0 Å². The molecule has 0 unspecified atom stereocenters. The number of aromatic nitrogens is 2. The third-order valence-electron chi connectivity index (χ3n) is 4.44. The van der Waals surface area contributed by atoms with Crippen LogP contribution in [0.2, 0.25) is 0 Å². The molecule has 0 saturated carbocycles. The molecule has 2 aromatic heterocycles. The summed E-state index contributed by atoms with van der Waals surface area (Å²) in [6.07, 6.45) is 5.57. The van der Waals surface area contributed by atoms with Crippen LogP contribution in [0.25, 0.3) is 11.3 Å². The first-order chi connectivity index (χ1) is 13.3. The summed E-state index contributed by atoms with van der Waals surface area (Å²) in [6, 6.07) is 18.5. The van der Waals surface area contributed by atoms with Crippen LogP contribution in [0, 0.1) is 5.82 Å². The van der Waals surface area contributed by atoms with Gasteiger partial charge in [0.1, 0.15) is 17.3 Å². The molecule has 4 aromatic rings. The third kappa shape index (κ3) is 4.33. The summed E-state index contributed by atoms with van der Waals surface area (Å²) in [6.45, 7) is 2.17. The third-order valence-corrected chi connectivity index (χ3v) is 4.44. The Hall–Kier alpha value is -3.18. The van der Waals surface area contributed by atoms with Gasteiger partial charge < -0.3 is 14.3 Å². The molecular weight excluding hydrogens is 341 g/mol. The van der Waals surface area contributed by atoms with Crippen molar-refractivity contribution >= 4 is 0 Å². The Balaban J connectivity index is 1.37. The van der Waals surface area contributed by atoms with E-state index in [1.165, 1.54) is 23.3 Å². The summed E-state index contributed by atoms with van der Waals surface area (Å²) in [7, 11) is 0. The molecule has 4 nitrogen and oxygen atoms in total. The maximum atomic E-state index is 13.0. The van der Waals surface area contributed by atoms with Gasteiger partial charge in [0.15, 0.2) is 0 Å². The second kappa shape index (κ2) is 8.01. The number of imidazole rings is 1. The quantitative estimate of drug-likeness (QED) is 0.522. The van der Waals surface area contributed by atoms with Crippen molar-refractivity contribution in [1.29, 1.82) is 0 Å². The van der Waals surface area contributed by atoms with Crippen molar-refractivity contribution in [2.75, 3.05) is 0 Å². The highest BCUT2D eigenvalue weighted by atomic mass is 19.1. The topological polar surface area (TPSA) is 43.0 Å². The smallest absolute Gasteiger partial charge is 0.134 e. The van der Waals surface area contributed by atoms with Crippen LogP contribution in [-0.4, -0.2) is 9.55 Å². The Morgan fingerprint density at radius 2 is 1.74 bits per heavy atom. The maximum Gasteiger partial charge on any atom is 0.134 e. The fourth-order valence-electron chi connectivity index (χ4n) is 3.02. The second-order valence-electron chi connectivity index (χ2n) is 6.38. The highest BCUT2D eigenvalue weighted by molar-refractivity contribution is 5.57. The molecule has 0 bridgehead atoms. The SMILES string of the molecule is Fc1ccc(-c2ccc(CNCc3ccccc3Cn3ccnc3)o2)cc1. The number of nitrogens with zero attached hydrogens (tertiary/aromatic N) is 2. The van der Waals surface area contributed by atoms with E-state index in [0.717, 1.165) is 30.2 Å². The van der Waals surface area contributed by atoms with E-state index < -0.39 is 0 Å². The summed E-state index contributed by atoms with van der Waals surface area (Å²) in [4.78, 5) is 4.10. The molecule has 0 amide bonds. The van der Waals surface area contributed by atoms with E-state index >= 15 is 0 Å². The van der Waals surface area contributed by atoms with Crippen molar-refractivity contribution in [3.8, 4) is 11.3 Å². The molecule has 0 aliphatic rings. The van der Waals surface area contributed by atoms with Crippen LogP contribution in [0.3, 0.4) is 0 Å². The first-order valence-corrected chi connectivity index (χ1v) is 8.86. The van der Waals surface area contributed by atoms with E-state index in [2.05, 4.69) is 33.1 Å². The van der Waals surface area contributed by atoms with Gasteiger partial charge >= 0.3 is 0 Å². The first kappa shape index (κ1) is 17.2. The van der Waals surface area contributed by atoms with Crippen LogP contribution in [0.4, 0.5) is 4.39 Å². The molecule has 0 aliphatic heterocycles. The summed E-state index contributed by atoms with van der Waals surface area (Å²) in [5.41, 5.74) is 3.37. The number of halogens is 1. The van der Waals surface area contributed by atoms with Crippen LogP contribution in [0.1, 0.15) is 16.9 Å². The van der Waals surface area contributed by atoms with Crippen molar-refractivity contribution in [3.05, 3.63) is 102 Å². The summed E-state index contributed by atoms with van der Waals surface area (Å²) in [5.74, 6) is 1.34.